The molecule has 0 spiro atoms. The lowest BCUT2D eigenvalue weighted by Gasteiger charge is -2.23. The van der Waals surface area contributed by atoms with Crippen LogP contribution in [0.15, 0.2) is 18.2 Å². The third kappa shape index (κ3) is 3.40. The van der Waals surface area contributed by atoms with E-state index in [1.165, 1.54) is 5.69 Å². The summed E-state index contributed by atoms with van der Waals surface area (Å²) in [5, 5.41) is 18.1. The molecule has 8 nitrogen and oxygen atoms in total. The van der Waals surface area contributed by atoms with Gasteiger partial charge in [-0.05, 0) is 57.7 Å². The summed E-state index contributed by atoms with van der Waals surface area (Å²) >= 11 is 0. The quantitative estimate of drug-likeness (QED) is 0.459. The molecule has 0 fully saturated rings. The van der Waals surface area contributed by atoms with Crippen LogP contribution in [0, 0.1) is 13.8 Å². The number of hydrogen-bond acceptors (Lipinski definition) is 5. The van der Waals surface area contributed by atoms with Crippen molar-refractivity contribution in [3.05, 3.63) is 46.5 Å². The first-order valence-electron chi connectivity index (χ1n) is 10.9. The first-order valence-corrected chi connectivity index (χ1v) is 10.9. The van der Waals surface area contributed by atoms with Crippen molar-refractivity contribution in [1.29, 1.82) is 0 Å². The Kier molecular flexibility index (Phi) is 4.89. The van der Waals surface area contributed by atoms with Crippen LogP contribution in [-0.2, 0) is 20.6 Å². The van der Waals surface area contributed by atoms with Crippen LogP contribution < -0.4 is 4.74 Å². The molecule has 8 heteroatoms. The van der Waals surface area contributed by atoms with E-state index >= 15 is 0 Å². The van der Waals surface area contributed by atoms with E-state index < -0.39 is 0 Å². The number of nitrogens with one attached hydrogen (secondary N) is 1. The third-order valence-corrected chi connectivity index (χ3v) is 6.15. The molecule has 1 unspecified atom stereocenters. The van der Waals surface area contributed by atoms with Crippen molar-refractivity contribution in [2.45, 2.75) is 33.4 Å². The Labute approximate surface area is 187 Å². The maximum atomic E-state index is 6.46. The van der Waals surface area contributed by atoms with Gasteiger partial charge in [-0.2, -0.15) is 15.3 Å². The molecule has 1 atom stereocenters. The molecular formula is C24H29N7O. The van der Waals surface area contributed by atoms with Crippen molar-refractivity contribution >= 4 is 23.1 Å². The number of likely N-dealkylation sites (N-methyl/N-ethyl adjacent to an activating group) is 1. The van der Waals surface area contributed by atoms with Crippen molar-refractivity contribution in [3.8, 4) is 17.0 Å². The SMILES string of the molecule is Cc1nn(C)c2c1/C=C/c1[nH]nc3ccc(cc13)-c1c(C)nn(C)c1OC(C)CN(C)C2. The number of fused-ring (bicyclic) bond motifs is 4. The summed E-state index contributed by atoms with van der Waals surface area (Å²) in [6.07, 6.45) is 4.23. The van der Waals surface area contributed by atoms with E-state index in [9.17, 15) is 0 Å². The van der Waals surface area contributed by atoms with Gasteiger partial charge in [0.1, 0.15) is 6.10 Å². The summed E-state index contributed by atoms with van der Waals surface area (Å²) in [7, 11) is 6.06. The highest BCUT2D eigenvalue weighted by Crippen LogP contribution is 2.36. The number of aromatic nitrogens is 6. The minimum absolute atomic E-state index is 0.0137. The highest BCUT2D eigenvalue weighted by Gasteiger charge is 2.22. The van der Waals surface area contributed by atoms with Gasteiger partial charge < -0.3 is 4.74 Å². The topological polar surface area (TPSA) is 76.8 Å². The molecule has 166 valence electrons. The lowest BCUT2D eigenvalue weighted by Crippen LogP contribution is -2.32. The van der Waals surface area contributed by atoms with Crippen molar-refractivity contribution in [3.63, 3.8) is 0 Å². The zero-order chi connectivity index (χ0) is 22.6. The Bertz CT molecular complexity index is 1340. The van der Waals surface area contributed by atoms with E-state index in [0.29, 0.717) is 0 Å². The normalized spacial score (nSPS) is 18.1. The summed E-state index contributed by atoms with van der Waals surface area (Å²) in [4.78, 5) is 2.27. The van der Waals surface area contributed by atoms with E-state index in [2.05, 4.69) is 70.5 Å². The number of nitrogens with zero attached hydrogens (tertiary/aromatic N) is 6. The maximum Gasteiger partial charge on any atom is 0.220 e. The smallest absolute Gasteiger partial charge is 0.220 e. The van der Waals surface area contributed by atoms with Crippen LogP contribution >= 0.6 is 0 Å². The molecule has 0 saturated carbocycles. The van der Waals surface area contributed by atoms with Crippen LogP contribution in [0.2, 0.25) is 0 Å². The fourth-order valence-corrected chi connectivity index (χ4v) is 4.70. The average Bonchev–Trinajstić information content (AvgIpc) is 3.33. The molecule has 3 aromatic heterocycles. The molecule has 32 heavy (non-hydrogen) atoms. The van der Waals surface area contributed by atoms with Crippen LogP contribution in [0.1, 0.15) is 35.3 Å². The molecule has 4 heterocycles. The number of H-pyrrole nitrogens is 1. The fraction of sp³-hybridized carbons (Fsp3) is 0.375. The summed E-state index contributed by atoms with van der Waals surface area (Å²) in [6.45, 7) is 7.74. The molecule has 1 N–H and O–H groups in total. The number of rotatable bonds is 0. The number of aryl methyl sites for hydroxylation is 4. The Morgan fingerprint density at radius 3 is 2.62 bits per heavy atom. The summed E-state index contributed by atoms with van der Waals surface area (Å²) < 4.78 is 10.3. The van der Waals surface area contributed by atoms with Crippen LogP contribution in [0.3, 0.4) is 0 Å². The van der Waals surface area contributed by atoms with Gasteiger partial charge in [-0.15, -0.1) is 0 Å². The molecule has 1 aromatic carbocycles. The van der Waals surface area contributed by atoms with E-state index in [1.54, 1.807) is 0 Å². The molecule has 0 amide bonds. The Morgan fingerprint density at radius 2 is 1.81 bits per heavy atom. The van der Waals surface area contributed by atoms with Gasteiger partial charge in [0.05, 0.1) is 33.9 Å². The number of hydrogen-bond donors (Lipinski definition) is 1. The van der Waals surface area contributed by atoms with Gasteiger partial charge in [-0.3, -0.25) is 14.7 Å². The van der Waals surface area contributed by atoms with Crippen LogP contribution in [0.5, 0.6) is 5.88 Å². The van der Waals surface area contributed by atoms with Gasteiger partial charge in [-0.25, -0.2) is 4.68 Å². The summed E-state index contributed by atoms with van der Waals surface area (Å²) in [5.41, 5.74) is 8.27. The lowest BCUT2D eigenvalue weighted by molar-refractivity contribution is 0.147. The van der Waals surface area contributed by atoms with Crippen LogP contribution in [0.4, 0.5) is 0 Å². The van der Waals surface area contributed by atoms with Crippen molar-refractivity contribution in [2.24, 2.45) is 14.1 Å². The van der Waals surface area contributed by atoms with Crippen molar-refractivity contribution in [1.82, 2.24) is 34.7 Å². The second kappa shape index (κ2) is 7.63. The predicted octanol–water partition coefficient (Wildman–Crippen LogP) is 3.70. The van der Waals surface area contributed by atoms with E-state index in [-0.39, 0.29) is 6.10 Å². The maximum absolute atomic E-state index is 6.46. The van der Waals surface area contributed by atoms with Gasteiger partial charge >= 0.3 is 0 Å². The monoisotopic (exact) mass is 431 g/mol. The molecular weight excluding hydrogens is 402 g/mol. The highest BCUT2D eigenvalue weighted by atomic mass is 16.5. The minimum Gasteiger partial charge on any atom is -0.473 e. The Hall–Kier alpha value is -3.39. The second-order valence-electron chi connectivity index (χ2n) is 8.79. The molecule has 4 aromatic rings. The standard InChI is InChI=1S/C24H29N7O/c1-14-12-29(4)13-22-18(15(2)27-30(22)5)8-10-21-19-11-17(7-9-20(19)25-26-21)23-16(3)28-31(6)24(23)32-14/h7-11,14H,12-13H2,1-6H3,(H,25,26)/b10-8+. The largest absolute Gasteiger partial charge is 0.473 e. The Balaban J connectivity index is 1.72. The van der Waals surface area contributed by atoms with E-state index in [0.717, 1.165) is 63.6 Å². The lowest BCUT2D eigenvalue weighted by atomic mass is 10.0. The zero-order valence-electron chi connectivity index (χ0n) is 19.5. The molecule has 0 aliphatic carbocycles. The fourth-order valence-electron chi connectivity index (χ4n) is 4.70. The van der Waals surface area contributed by atoms with Crippen LogP contribution in [0.25, 0.3) is 34.2 Å². The molecule has 2 bridgehead atoms. The second-order valence-corrected chi connectivity index (χ2v) is 8.79. The Morgan fingerprint density at radius 1 is 1.03 bits per heavy atom. The van der Waals surface area contributed by atoms with E-state index in [4.69, 9.17) is 4.74 Å². The van der Waals surface area contributed by atoms with Crippen molar-refractivity contribution in [2.75, 3.05) is 13.6 Å². The summed E-state index contributed by atoms with van der Waals surface area (Å²) in [6, 6.07) is 6.30. The molecule has 1 aliphatic rings. The van der Waals surface area contributed by atoms with Gasteiger partial charge in [0.2, 0.25) is 5.88 Å². The third-order valence-electron chi connectivity index (χ3n) is 6.15. The highest BCUT2D eigenvalue weighted by molar-refractivity contribution is 5.93. The zero-order valence-corrected chi connectivity index (χ0v) is 19.5. The minimum atomic E-state index is -0.0137. The predicted molar refractivity (Wildman–Crippen MR) is 126 cm³/mol. The van der Waals surface area contributed by atoms with E-state index in [1.807, 2.05) is 36.4 Å². The van der Waals surface area contributed by atoms with Gasteiger partial charge in [-0.1, -0.05) is 6.07 Å². The van der Waals surface area contributed by atoms with Crippen LogP contribution in [-0.4, -0.2) is 54.4 Å². The number of aromatic amines is 1. The average molecular weight is 432 g/mol. The molecule has 1 aliphatic heterocycles. The molecule has 0 saturated heterocycles. The number of benzene rings is 1. The van der Waals surface area contributed by atoms with Crippen molar-refractivity contribution < 1.29 is 4.74 Å². The first-order chi connectivity index (χ1) is 15.3. The first kappa shape index (κ1) is 20.5. The van der Waals surface area contributed by atoms with Gasteiger partial charge in [0.25, 0.3) is 0 Å². The van der Waals surface area contributed by atoms with Gasteiger partial charge in [0.15, 0.2) is 0 Å². The molecule has 5 rings (SSSR count). The summed E-state index contributed by atoms with van der Waals surface area (Å²) in [5.74, 6) is 0.787. The molecule has 0 radical (unpaired) electrons. The van der Waals surface area contributed by atoms with Gasteiger partial charge in [0, 0.05) is 38.1 Å². The number of ether oxygens (including phenoxy) is 1.